The molecule has 0 radical (unpaired) electrons. The van der Waals surface area contributed by atoms with Gasteiger partial charge in [0.25, 0.3) is 0 Å². The first kappa shape index (κ1) is 19.0. The Morgan fingerprint density at radius 2 is 1.65 bits per heavy atom. The van der Waals surface area contributed by atoms with Crippen LogP contribution in [0, 0.1) is 0 Å². The van der Waals surface area contributed by atoms with E-state index in [0.29, 0.717) is 39.4 Å². The number of amides is 1. The topological polar surface area (TPSA) is 73.9 Å². The zero-order valence-corrected chi connectivity index (χ0v) is 12.6. The summed E-state index contributed by atoms with van der Waals surface area (Å²) in [5.74, 6) is 0.0155. The quantitative estimate of drug-likeness (QED) is 0.482. The largest absolute Gasteiger partial charge is 0.381 e. The molecular weight excluding hydrogens is 262 g/mol. The molecule has 0 heterocycles. The van der Waals surface area contributed by atoms with Crippen molar-refractivity contribution in [2.24, 2.45) is 0 Å². The third-order valence-electron chi connectivity index (χ3n) is 2.29. The van der Waals surface area contributed by atoms with Crippen LogP contribution in [0.3, 0.4) is 0 Å². The van der Waals surface area contributed by atoms with Crippen molar-refractivity contribution < 1.29 is 23.8 Å². The zero-order chi connectivity index (χ0) is 15.1. The third-order valence-corrected chi connectivity index (χ3v) is 2.29. The van der Waals surface area contributed by atoms with Crippen molar-refractivity contribution in [3.8, 4) is 0 Å². The Labute approximate surface area is 121 Å². The number of hydrogen-bond acceptors (Lipinski definition) is 5. The Morgan fingerprint density at radius 3 is 2.35 bits per heavy atom. The summed E-state index contributed by atoms with van der Waals surface area (Å²) in [5.41, 5.74) is 0. The van der Waals surface area contributed by atoms with Gasteiger partial charge in [0, 0.05) is 26.2 Å². The monoisotopic (exact) mass is 289 g/mol. The van der Waals surface area contributed by atoms with Gasteiger partial charge in [0.1, 0.15) is 6.61 Å². The van der Waals surface area contributed by atoms with E-state index in [1.54, 1.807) is 0 Å². The van der Waals surface area contributed by atoms with Gasteiger partial charge >= 0.3 is 0 Å². The van der Waals surface area contributed by atoms with E-state index in [2.05, 4.69) is 12.2 Å². The van der Waals surface area contributed by atoms with Crippen molar-refractivity contribution in [2.45, 2.75) is 33.1 Å². The predicted molar refractivity (Wildman–Crippen MR) is 75.7 cm³/mol. The van der Waals surface area contributed by atoms with Gasteiger partial charge in [-0.3, -0.25) is 9.59 Å². The van der Waals surface area contributed by atoms with E-state index in [9.17, 15) is 9.59 Å². The molecule has 1 N–H and O–H groups in total. The van der Waals surface area contributed by atoms with Gasteiger partial charge in [0.05, 0.1) is 19.8 Å². The fourth-order valence-electron chi connectivity index (χ4n) is 1.37. The number of rotatable bonds is 14. The van der Waals surface area contributed by atoms with Crippen LogP contribution >= 0.6 is 0 Å². The van der Waals surface area contributed by atoms with Crippen LogP contribution in [-0.2, 0) is 23.8 Å². The molecule has 0 bridgehead atoms. The van der Waals surface area contributed by atoms with Crippen LogP contribution in [0.2, 0.25) is 0 Å². The predicted octanol–water partition coefficient (Wildman–Crippen LogP) is 0.932. The second-order valence-corrected chi connectivity index (χ2v) is 4.43. The summed E-state index contributed by atoms with van der Waals surface area (Å²) >= 11 is 0. The average molecular weight is 289 g/mol. The van der Waals surface area contributed by atoms with E-state index in [-0.39, 0.29) is 18.3 Å². The van der Waals surface area contributed by atoms with Crippen LogP contribution in [0.4, 0.5) is 0 Å². The van der Waals surface area contributed by atoms with E-state index in [1.165, 1.54) is 6.92 Å². The van der Waals surface area contributed by atoms with E-state index in [0.717, 1.165) is 19.4 Å². The van der Waals surface area contributed by atoms with Gasteiger partial charge in [0.2, 0.25) is 5.91 Å². The minimum absolute atomic E-state index is 0.000166. The number of ketones is 1. The van der Waals surface area contributed by atoms with E-state index < -0.39 is 0 Å². The molecule has 0 atom stereocenters. The second kappa shape index (κ2) is 14.4. The summed E-state index contributed by atoms with van der Waals surface area (Å²) in [4.78, 5) is 22.0. The molecule has 6 nitrogen and oxygen atoms in total. The van der Waals surface area contributed by atoms with Gasteiger partial charge in [-0.1, -0.05) is 6.92 Å². The summed E-state index contributed by atoms with van der Waals surface area (Å²) in [7, 11) is 0. The molecule has 118 valence electrons. The van der Waals surface area contributed by atoms with Crippen molar-refractivity contribution in [1.82, 2.24) is 5.32 Å². The summed E-state index contributed by atoms with van der Waals surface area (Å²) < 4.78 is 15.6. The van der Waals surface area contributed by atoms with Gasteiger partial charge in [-0.2, -0.15) is 0 Å². The van der Waals surface area contributed by atoms with Gasteiger partial charge in [-0.25, -0.2) is 0 Å². The number of carbonyl (C=O) groups is 2. The van der Waals surface area contributed by atoms with Crippen molar-refractivity contribution in [3.63, 3.8) is 0 Å². The van der Waals surface area contributed by atoms with Crippen molar-refractivity contribution in [3.05, 3.63) is 0 Å². The normalized spacial score (nSPS) is 10.5. The van der Waals surface area contributed by atoms with Crippen molar-refractivity contribution in [2.75, 3.05) is 46.2 Å². The zero-order valence-electron chi connectivity index (χ0n) is 12.6. The van der Waals surface area contributed by atoms with Gasteiger partial charge in [-0.15, -0.1) is 0 Å². The standard InChI is InChI=1S/C14H27NO5/c1-3-7-18-8-4-5-14(17)15-6-9-19-10-11-20-12-13(2)16/h3-12H2,1-2H3,(H,15,17). The number of hydrogen-bond donors (Lipinski definition) is 1. The lowest BCUT2D eigenvalue weighted by molar-refractivity contribution is -0.123. The third kappa shape index (κ3) is 15.1. The van der Waals surface area contributed by atoms with E-state index >= 15 is 0 Å². The molecule has 0 aliphatic heterocycles. The van der Waals surface area contributed by atoms with Gasteiger partial charge in [-0.05, 0) is 19.8 Å². The lowest BCUT2D eigenvalue weighted by atomic mass is 10.3. The van der Waals surface area contributed by atoms with Crippen LogP contribution in [0.5, 0.6) is 0 Å². The molecular formula is C14H27NO5. The first-order valence-electron chi connectivity index (χ1n) is 7.16. The van der Waals surface area contributed by atoms with Crippen molar-refractivity contribution >= 4 is 11.7 Å². The Bertz CT molecular complexity index is 258. The first-order valence-corrected chi connectivity index (χ1v) is 7.16. The van der Waals surface area contributed by atoms with Crippen LogP contribution in [0.15, 0.2) is 0 Å². The molecule has 0 fully saturated rings. The van der Waals surface area contributed by atoms with Crippen LogP contribution < -0.4 is 5.32 Å². The summed E-state index contributed by atoms with van der Waals surface area (Å²) in [5, 5.41) is 2.77. The smallest absolute Gasteiger partial charge is 0.220 e. The lowest BCUT2D eigenvalue weighted by Crippen LogP contribution is -2.27. The molecule has 0 unspecified atom stereocenters. The van der Waals surface area contributed by atoms with Gasteiger partial charge in [0.15, 0.2) is 5.78 Å². The Balaban J connectivity index is 3.17. The van der Waals surface area contributed by atoms with Crippen LogP contribution in [-0.4, -0.2) is 57.9 Å². The van der Waals surface area contributed by atoms with E-state index in [4.69, 9.17) is 14.2 Å². The Morgan fingerprint density at radius 1 is 0.950 bits per heavy atom. The Kier molecular flexibility index (Phi) is 13.7. The van der Waals surface area contributed by atoms with Crippen LogP contribution in [0.25, 0.3) is 0 Å². The maximum atomic E-state index is 11.4. The highest BCUT2D eigenvalue weighted by Gasteiger charge is 2.00. The molecule has 0 aromatic heterocycles. The highest BCUT2D eigenvalue weighted by atomic mass is 16.5. The molecule has 0 aliphatic carbocycles. The molecule has 6 heteroatoms. The number of Topliss-reactive ketones (excluding diaryl/α,β-unsaturated/α-hetero) is 1. The number of nitrogens with one attached hydrogen (secondary N) is 1. The van der Waals surface area contributed by atoms with Crippen LogP contribution in [0.1, 0.15) is 33.1 Å². The summed E-state index contributed by atoms with van der Waals surface area (Å²) in [6.07, 6.45) is 2.22. The maximum Gasteiger partial charge on any atom is 0.220 e. The molecule has 0 rings (SSSR count). The highest BCUT2D eigenvalue weighted by Crippen LogP contribution is 1.91. The molecule has 0 aromatic rings. The molecule has 0 aromatic carbocycles. The molecule has 0 spiro atoms. The van der Waals surface area contributed by atoms with E-state index in [1.807, 2.05) is 0 Å². The molecule has 20 heavy (non-hydrogen) atoms. The number of carbonyl (C=O) groups excluding carboxylic acids is 2. The lowest BCUT2D eigenvalue weighted by Gasteiger charge is -2.07. The highest BCUT2D eigenvalue weighted by molar-refractivity contribution is 5.76. The first-order chi connectivity index (χ1) is 9.66. The summed E-state index contributed by atoms with van der Waals surface area (Å²) in [6.45, 7) is 6.79. The van der Waals surface area contributed by atoms with Crippen molar-refractivity contribution in [1.29, 1.82) is 0 Å². The second-order valence-electron chi connectivity index (χ2n) is 4.43. The maximum absolute atomic E-state index is 11.4. The fraction of sp³-hybridized carbons (Fsp3) is 0.857. The summed E-state index contributed by atoms with van der Waals surface area (Å²) in [6, 6.07) is 0. The number of ether oxygens (including phenoxy) is 3. The molecule has 0 aliphatic rings. The SMILES string of the molecule is CCCOCCCC(=O)NCCOCCOCC(C)=O. The van der Waals surface area contributed by atoms with Gasteiger partial charge < -0.3 is 19.5 Å². The fourth-order valence-corrected chi connectivity index (χ4v) is 1.37. The Hall–Kier alpha value is -0.980. The minimum Gasteiger partial charge on any atom is -0.381 e. The molecule has 0 saturated carbocycles. The average Bonchev–Trinajstić information content (AvgIpc) is 2.41. The molecule has 1 amide bonds. The molecule has 0 saturated heterocycles. The minimum atomic E-state index is 0.000166.